The van der Waals surface area contributed by atoms with Crippen molar-refractivity contribution in [2.24, 2.45) is 0 Å². The van der Waals surface area contributed by atoms with Crippen LogP contribution < -0.4 is 0 Å². The molecule has 33 heavy (non-hydrogen) atoms. The van der Waals surface area contributed by atoms with Gasteiger partial charge in [-0.25, -0.2) is 9.97 Å². The molecule has 5 rings (SSSR count). The fourth-order valence-electron chi connectivity index (χ4n) is 4.88. The molecule has 0 bridgehead atoms. The number of alkyl halides is 3. The molecule has 0 N–H and O–H groups in total. The summed E-state index contributed by atoms with van der Waals surface area (Å²) in [6.07, 6.45) is 6.60. The molecule has 1 fully saturated rings. The molecule has 2 aliphatic rings. The second-order valence-electron chi connectivity index (χ2n) is 9.13. The Hall–Kier alpha value is -2.80. The van der Waals surface area contributed by atoms with Crippen LogP contribution in [0.15, 0.2) is 48.8 Å². The van der Waals surface area contributed by atoms with Gasteiger partial charge in [-0.3, -0.25) is 9.88 Å². The normalized spacial score (nSPS) is 17.7. The molecule has 0 amide bonds. The van der Waals surface area contributed by atoms with Crippen LogP contribution in [0.3, 0.4) is 0 Å². The van der Waals surface area contributed by atoms with Crippen molar-refractivity contribution in [2.75, 3.05) is 6.54 Å². The van der Waals surface area contributed by atoms with E-state index in [9.17, 15) is 13.2 Å². The van der Waals surface area contributed by atoms with Crippen LogP contribution in [0.2, 0.25) is 0 Å². The Bertz CT molecular complexity index is 1110. The zero-order chi connectivity index (χ0) is 22.8. The Morgan fingerprint density at radius 1 is 0.970 bits per heavy atom. The van der Waals surface area contributed by atoms with Gasteiger partial charge in [-0.1, -0.05) is 37.5 Å². The van der Waals surface area contributed by atoms with Crippen molar-refractivity contribution in [3.63, 3.8) is 0 Å². The Balaban J connectivity index is 1.24. The van der Waals surface area contributed by atoms with Gasteiger partial charge in [-0.15, -0.1) is 0 Å². The first-order valence-corrected chi connectivity index (χ1v) is 11.7. The molecule has 2 aromatic heterocycles. The van der Waals surface area contributed by atoms with Gasteiger partial charge in [-0.2, -0.15) is 13.2 Å². The molecule has 4 nitrogen and oxygen atoms in total. The summed E-state index contributed by atoms with van der Waals surface area (Å²) in [7, 11) is 0. The summed E-state index contributed by atoms with van der Waals surface area (Å²) in [4.78, 5) is 16.4. The summed E-state index contributed by atoms with van der Waals surface area (Å²) in [5.74, 6) is 1.54. The van der Waals surface area contributed by atoms with Crippen molar-refractivity contribution in [3.05, 3.63) is 77.0 Å². The van der Waals surface area contributed by atoms with Crippen molar-refractivity contribution in [1.82, 2.24) is 19.9 Å². The van der Waals surface area contributed by atoms with Crippen LogP contribution >= 0.6 is 0 Å². The predicted molar refractivity (Wildman–Crippen MR) is 120 cm³/mol. The summed E-state index contributed by atoms with van der Waals surface area (Å²) in [5, 5.41) is 0. The predicted octanol–water partition coefficient (Wildman–Crippen LogP) is 6.16. The molecule has 1 aliphatic heterocycles. The van der Waals surface area contributed by atoms with E-state index in [0.29, 0.717) is 17.2 Å². The van der Waals surface area contributed by atoms with E-state index in [1.807, 2.05) is 12.3 Å². The maximum atomic E-state index is 13.0. The highest BCUT2D eigenvalue weighted by molar-refractivity contribution is 5.60. The first kappa shape index (κ1) is 22.0. The third kappa shape index (κ3) is 5.08. The molecule has 1 saturated carbocycles. The van der Waals surface area contributed by atoms with Gasteiger partial charge in [0.15, 0.2) is 0 Å². The Morgan fingerprint density at radius 2 is 1.82 bits per heavy atom. The third-order valence-corrected chi connectivity index (χ3v) is 6.72. The Labute approximate surface area is 191 Å². The number of hydrogen-bond acceptors (Lipinski definition) is 4. The van der Waals surface area contributed by atoms with Crippen molar-refractivity contribution in [1.29, 1.82) is 0 Å². The topological polar surface area (TPSA) is 41.9 Å². The van der Waals surface area contributed by atoms with Crippen LogP contribution in [-0.2, 0) is 25.7 Å². The van der Waals surface area contributed by atoms with E-state index in [-0.39, 0.29) is 0 Å². The molecular formula is C26H27F3N4. The molecule has 1 aliphatic carbocycles. The molecule has 7 heteroatoms. The van der Waals surface area contributed by atoms with E-state index >= 15 is 0 Å². The Kier molecular flexibility index (Phi) is 6.15. The molecule has 0 unspecified atom stereocenters. The van der Waals surface area contributed by atoms with Crippen molar-refractivity contribution >= 4 is 0 Å². The maximum absolute atomic E-state index is 13.0. The number of rotatable bonds is 4. The average Bonchev–Trinajstić information content (AvgIpc) is 2.84. The van der Waals surface area contributed by atoms with Crippen LogP contribution in [0.25, 0.3) is 11.3 Å². The largest absolute Gasteiger partial charge is 0.416 e. The van der Waals surface area contributed by atoms with Gasteiger partial charge in [0.1, 0.15) is 5.82 Å². The highest BCUT2D eigenvalue weighted by atomic mass is 19.4. The summed E-state index contributed by atoms with van der Waals surface area (Å²) in [5.41, 5.74) is 3.75. The lowest BCUT2D eigenvalue weighted by Crippen LogP contribution is -2.31. The van der Waals surface area contributed by atoms with Crippen molar-refractivity contribution in [3.8, 4) is 11.3 Å². The SMILES string of the molecule is FC(F)(F)c1cccc(-c2ccc(CN3CCc4nc(C5CCCCC5)ncc4C3)cn2)c1. The summed E-state index contributed by atoms with van der Waals surface area (Å²) in [6, 6.07) is 9.03. The second kappa shape index (κ2) is 9.21. The van der Waals surface area contributed by atoms with E-state index in [1.54, 1.807) is 18.3 Å². The number of fused-ring (bicyclic) bond motifs is 1. The van der Waals surface area contributed by atoms with Gasteiger partial charge in [-0.05, 0) is 36.6 Å². The van der Waals surface area contributed by atoms with Crippen LogP contribution in [0.5, 0.6) is 0 Å². The second-order valence-corrected chi connectivity index (χ2v) is 9.13. The van der Waals surface area contributed by atoms with Crippen LogP contribution in [0.1, 0.15) is 66.2 Å². The minimum atomic E-state index is -4.36. The van der Waals surface area contributed by atoms with Gasteiger partial charge in [0, 0.05) is 61.2 Å². The smallest absolute Gasteiger partial charge is 0.294 e. The van der Waals surface area contributed by atoms with Gasteiger partial charge < -0.3 is 0 Å². The number of aromatic nitrogens is 3. The molecule has 3 heterocycles. The summed E-state index contributed by atoms with van der Waals surface area (Å²) in [6.45, 7) is 2.46. The number of hydrogen-bond donors (Lipinski definition) is 0. The lowest BCUT2D eigenvalue weighted by Gasteiger charge is -2.29. The number of halogens is 3. The zero-order valence-electron chi connectivity index (χ0n) is 18.5. The zero-order valence-corrected chi connectivity index (χ0v) is 18.5. The van der Waals surface area contributed by atoms with E-state index in [1.165, 1.54) is 49.4 Å². The lowest BCUT2D eigenvalue weighted by atomic mass is 9.88. The van der Waals surface area contributed by atoms with Crippen molar-refractivity contribution < 1.29 is 13.2 Å². The number of nitrogens with zero attached hydrogens (tertiary/aromatic N) is 4. The van der Waals surface area contributed by atoms with E-state index in [2.05, 4.69) is 9.88 Å². The van der Waals surface area contributed by atoms with Gasteiger partial charge in [0.05, 0.1) is 11.3 Å². The molecular weight excluding hydrogens is 425 g/mol. The van der Waals surface area contributed by atoms with E-state index < -0.39 is 11.7 Å². The molecule has 172 valence electrons. The maximum Gasteiger partial charge on any atom is 0.416 e. The minimum absolute atomic E-state index is 0.467. The van der Waals surface area contributed by atoms with Crippen LogP contribution in [-0.4, -0.2) is 26.4 Å². The number of pyridine rings is 1. The highest BCUT2D eigenvalue weighted by Crippen LogP contribution is 2.33. The molecule has 0 atom stereocenters. The molecule has 0 spiro atoms. The first-order valence-electron chi connectivity index (χ1n) is 11.7. The van der Waals surface area contributed by atoms with Crippen LogP contribution in [0.4, 0.5) is 13.2 Å². The minimum Gasteiger partial charge on any atom is -0.294 e. The van der Waals surface area contributed by atoms with Gasteiger partial charge >= 0.3 is 6.18 Å². The fraction of sp³-hybridized carbons (Fsp3) is 0.423. The standard InChI is InChI=1S/C26H27F3N4/c27-26(28,29)22-8-4-7-20(13-22)23-10-9-18(14-30-23)16-33-12-11-24-21(17-33)15-31-25(32-24)19-5-2-1-3-6-19/h4,7-10,13-15,19H,1-3,5-6,11-12,16-17H2. The quantitative estimate of drug-likeness (QED) is 0.475. The molecule has 1 aromatic carbocycles. The monoisotopic (exact) mass is 452 g/mol. The average molecular weight is 453 g/mol. The van der Waals surface area contributed by atoms with Gasteiger partial charge in [0.25, 0.3) is 0 Å². The lowest BCUT2D eigenvalue weighted by molar-refractivity contribution is -0.137. The van der Waals surface area contributed by atoms with Gasteiger partial charge in [0.2, 0.25) is 0 Å². The first-order chi connectivity index (χ1) is 16.0. The Morgan fingerprint density at radius 3 is 2.58 bits per heavy atom. The van der Waals surface area contributed by atoms with Crippen LogP contribution in [0, 0.1) is 0 Å². The highest BCUT2D eigenvalue weighted by Gasteiger charge is 2.30. The van der Waals surface area contributed by atoms with Crippen molar-refractivity contribution in [2.45, 2.75) is 63.7 Å². The molecule has 0 radical (unpaired) electrons. The third-order valence-electron chi connectivity index (χ3n) is 6.72. The number of benzene rings is 1. The summed E-state index contributed by atoms with van der Waals surface area (Å²) < 4.78 is 39.0. The summed E-state index contributed by atoms with van der Waals surface area (Å²) >= 11 is 0. The van der Waals surface area contributed by atoms with E-state index in [4.69, 9.17) is 9.97 Å². The molecule has 3 aromatic rings. The van der Waals surface area contributed by atoms with E-state index in [0.717, 1.165) is 49.6 Å². The fourth-order valence-corrected chi connectivity index (χ4v) is 4.88. The molecule has 0 saturated heterocycles.